The quantitative estimate of drug-likeness (QED) is 0.410. The van der Waals surface area contributed by atoms with Crippen LogP contribution in [0.1, 0.15) is 29.2 Å². The molecule has 0 aromatic heterocycles. The van der Waals surface area contributed by atoms with Crippen molar-refractivity contribution >= 4 is 36.3 Å². The molecule has 11 nitrogen and oxygen atoms in total. The van der Waals surface area contributed by atoms with Gasteiger partial charge in [0.05, 0.1) is 30.9 Å². The highest BCUT2D eigenvalue weighted by Gasteiger charge is 2.34. The van der Waals surface area contributed by atoms with Crippen LogP contribution in [-0.4, -0.2) is 63.3 Å². The van der Waals surface area contributed by atoms with E-state index in [1.165, 1.54) is 9.80 Å². The number of carbonyl (C=O) groups is 3. The predicted octanol–water partition coefficient (Wildman–Crippen LogP) is 3.10. The molecule has 3 aromatic carbocycles. The number of likely N-dealkylation sites (N-methyl/N-ethyl adjacent to an activating group) is 1. The van der Waals surface area contributed by atoms with Crippen LogP contribution in [-0.2, 0) is 30.1 Å². The zero-order chi connectivity index (χ0) is 29.2. The second-order valence-electron chi connectivity index (χ2n) is 10.2. The Morgan fingerprint density at radius 2 is 1.71 bits per heavy atom. The fourth-order valence-electron chi connectivity index (χ4n) is 5.27. The van der Waals surface area contributed by atoms with E-state index in [4.69, 9.17) is 23.5 Å². The Kier molecular flexibility index (Phi) is 7.42. The average molecular weight is 567 g/mol. The highest BCUT2D eigenvalue weighted by atomic mass is 16.6. The van der Waals surface area contributed by atoms with Gasteiger partial charge >= 0.3 is 25.2 Å². The first-order chi connectivity index (χ1) is 20.4. The summed E-state index contributed by atoms with van der Waals surface area (Å²) < 4.78 is 28.3. The Balaban J connectivity index is 1.16. The maximum atomic E-state index is 12.1. The van der Waals surface area contributed by atoms with Crippen molar-refractivity contribution in [3.8, 4) is 23.3 Å². The van der Waals surface area contributed by atoms with E-state index in [1.54, 1.807) is 49.5 Å². The lowest BCUT2D eigenvalue weighted by Gasteiger charge is -2.22. The third kappa shape index (κ3) is 5.59. The summed E-state index contributed by atoms with van der Waals surface area (Å²) in [6, 6.07) is 19.8. The summed E-state index contributed by atoms with van der Waals surface area (Å²) in [5.74, 6) is 0.824. The molecule has 2 saturated heterocycles. The summed E-state index contributed by atoms with van der Waals surface area (Å²) in [6.07, 6.45) is 0.772. The van der Waals surface area contributed by atoms with Gasteiger partial charge in [-0.05, 0) is 55.8 Å². The van der Waals surface area contributed by atoms with Crippen LogP contribution in [0.5, 0.6) is 17.2 Å². The standard InChI is InChI=1S/C30H26BN3O8/c1-33-17-28(35)41-31(42-29(36)18-33)20-6-9-21(10-7-20)39-27-12-11-24-23(27)3-2-4-26(24)40-22-8-5-19(16-32)25(15-22)34-13-14-38-30(34)37/h2-10,15,27H,11-14,17-18H2,1H3/t27-/m1/s1. The molecule has 12 heteroatoms. The predicted molar refractivity (Wildman–Crippen MR) is 150 cm³/mol. The lowest BCUT2D eigenvalue weighted by atomic mass is 9.78. The normalized spacial score (nSPS) is 18.8. The number of cyclic esters (lactones) is 1. The summed E-state index contributed by atoms with van der Waals surface area (Å²) in [5, 5.41) is 9.53. The average Bonchev–Trinajstić information content (AvgIpc) is 3.58. The molecule has 2 fully saturated rings. The Hall–Kier alpha value is -5.02. The van der Waals surface area contributed by atoms with Crippen molar-refractivity contribution in [3.63, 3.8) is 0 Å². The number of anilines is 1. The third-order valence-corrected chi connectivity index (χ3v) is 7.25. The zero-order valence-corrected chi connectivity index (χ0v) is 22.8. The van der Waals surface area contributed by atoms with Crippen molar-refractivity contribution in [3.05, 3.63) is 77.4 Å². The van der Waals surface area contributed by atoms with Crippen LogP contribution in [0, 0.1) is 11.3 Å². The van der Waals surface area contributed by atoms with E-state index < -0.39 is 25.2 Å². The van der Waals surface area contributed by atoms with Crippen LogP contribution >= 0.6 is 0 Å². The molecule has 2 heterocycles. The van der Waals surface area contributed by atoms with Gasteiger partial charge in [0, 0.05) is 17.1 Å². The van der Waals surface area contributed by atoms with Gasteiger partial charge in [-0.1, -0.05) is 24.3 Å². The second kappa shape index (κ2) is 11.5. The molecule has 212 valence electrons. The molecule has 0 unspecified atom stereocenters. The highest BCUT2D eigenvalue weighted by Crippen LogP contribution is 2.41. The fraction of sp³-hybridized carbons (Fsp3) is 0.267. The fourth-order valence-corrected chi connectivity index (χ4v) is 5.27. The SMILES string of the molecule is CN1CC(=O)OB(c2ccc(O[C@@H]3CCc4c(Oc5ccc(C#N)c(N6CCOC6=O)c5)cccc43)cc2)OC(=O)C1. The number of benzene rings is 3. The van der Waals surface area contributed by atoms with Crippen LogP contribution in [0.3, 0.4) is 0 Å². The van der Waals surface area contributed by atoms with Crippen molar-refractivity contribution in [2.75, 3.05) is 38.2 Å². The van der Waals surface area contributed by atoms with E-state index in [9.17, 15) is 19.6 Å². The third-order valence-electron chi connectivity index (χ3n) is 7.25. The van der Waals surface area contributed by atoms with Gasteiger partial charge in [-0.3, -0.25) is 19.4 Å². The maximum absolute atomic E-state index is 12.1. The van der Waals surface area contributed by atoms with E-state index in [1.807, 2.05) is 18.2 Å². The minimum absolute atomic E-state index is 0.000987. The molecule has 42 heavy (non-hydrogen) atoms. The lowest BCUT2D eigenvalue weighted by Crippen LogP contribution is -2.47. The zero-order valence-electron chi connectivity index (χ0n) is 22.8. The van der Waals surface area contributed by atoms with E-state index in [0.29, 0.717) is 40.5 Å². The van der Waals surface area contributed by atoms with Crippen molar-refractivity contribution in [2.24, 2.45) is 0 Å². The number of nitriles is 1. The maximum Gasteiger partial charge on any atom is 0.636 e. The molecule has 0 bridgehead atoms. The highest BCUT2D eigenvalue weighted by molar-refractivity contribution is 6.64. The molecular formula is C30H26BN3O8. The molecule has 0 radical (unpaired) electrons. The van der Waals surface area contributed by atoms with Gasteiger partial charge in [0.15, 0.2) is 0 Å². The summed E-state index contributed by atoms with van der Waals surface area (Å²) in [6.45, 7) is 0.634. The monoisotopic (exact) mass is 567 g/mol. The Bertz CT molecular complexity index is 1570. The number of carbonyl (C=O) groups excluding carboxylic acids is 3. The second-order valence-corrected chi connectivity index (χ2v) is 10.2. The molecule has 3 aliphatic rings. The van der Waals surface area contributed by atoms with E-state index in [2.05, 4.69) is 6.07 Å². The Morgan fingerprint density at radius 3 is 2.40 bits per heavy atom. The van der Waals surface area contributed by atoms with Gasteiger partial charge in [-0.2, -0.15) is 5.26 Å². The topological polar surface area (TPSA) is 128 Å². The van der Waals surface area contributed by atoms with Crippen LogP contribution in [0.25, 0.3) is 0 Å². The molecular weight excluding hydrogens is 541 g/mol. The number of fused-ring (bicyclic) bond motifs is 1. The van der Waals surface area contributed by atoms with Crippen molar-refractivity contribution in [1.29, 1.82) is 5.26 Å². The van der Waals surface area contributed by atoms with Gasteiger partial charge in [-0.15, -0.1) is 0 Å². The van der Waals surface area contributed by atoms with E-state index >= 15 is 0 Å². The first-order valence-corrected chi connectivity index (χ1v) is 13.5. The summed E-state index contributed by atoms with van der Waals surface area (Å²) in [4.78, 5) is 39.2. The van der Waals surface area contributed by atoms with Crippen molar-refractivity contribution < 1.29 is 37.9 Å². The van der Waals surface area contributed by atoms with E-state index in [-0.39, 0.29) is 25.8 Å². The largest absolute Gasteiger partial charge is 0.636 e. The molecule has 2 aliphatic heterocycles. The molecule has 6 rings (SSSR count). The van der Waals surface area contributed by atoms with Gasteiger partial charge < -0.3 is 23.5 Å². The number of hydrogen-bond acceptors (Lipinski definition) is 10. The number of amides is 1. The molecule has 0 N–H and O–H groups in total. The van der Waals surface area contributed by atoms with Gasteiger partial charge in [-0.25, -0.2) is 4.79 Å². The van der Waals surface area contributed by atoms with Crippen molar-refractivity contribution in [1.82, 2.24) is 4.90 Å². The number of hydrogen-bond donors (Lipinski definition) is 0. The van der Waals surface area contributed by atoms with Gasteiger partial charge in [0.2, 0.25) is 0 Å². The molecule has 0 spiro atoms. The smallest absolute Gasteiger partial charge is 0.494 e. The first-order valence-electron chi connectivity index (χ1n) is 13.5. The summed E-state index contributed by atoms with van der Waals surface area (Å²) >= 11 is 0. The minimum Gasteiger partial charge on any atom is -0.494 e. The molecule has 0 saturated carbocycles. The van der Waals surface area contributed by atoms with Crippen LogP contribution in [0.15, 0.2) is 60.7 Å². The lowest BCUT2D eigenvalue weighted by molar-refractivity contribution is -0.145. The molecule has 1 amide bonds. The number of nitrogens with zero attached hydrogens (tertiary/aromatic N) is 3. The Labute approximate surface area is 242 Å². The van der Waals surface area contributed by atoms with Gasteiger partial charge in [0.25, 0.3) is 0 Å². The van der Waals surface area contributed by atoms with Crippen LogP contribution < -0.4 is 19.8 Å². The summed E-state index contributed by atoms with van der Waals surface area (Å²) in [7, 11) is 0.529. The van der Waals surface area contributed by atoms with E-state index in [0.717, 1.165) is 24.0 Å². The summed E-state index contributed by atoms with van der Waals surface area (Å²) in [5.41, 5.74) is 3.35. The molecule has 3 aromatic rings. The minimum atomic E-state index is -1.11. The number of rotatable bonds is 6. The van der Waals surface area contributed by atoms with Crippen molar-refractivity contribution in [2.45, 2.75) is 18.9 Å². The van der Waals surface area contributed by atoms with Crippen LogP contribution in [0.4, 0.5) is 10.5 Å². The first kappa shape index (κ1) is 27.2. The Morgan fingerprint density at radius 1 is 0.976 bits per heavy atom. The van der Waals surface area contributed by atoms with Crippen LogP contribution in [0.2, 0.25) is 0 Å². The molecule has 1 atom stereocenters. The number of ether oxygens (including phenoxy) is 3. The molecule has 1 aliphatic carbocycles. The van der Waals surface area contributed by atoms with Gasteiger partial charge in [0.1, 0.15) is 36.0 Å².